The maximum atomic E-state index is 14.1. The predicted molar refractivity (Wildman–Crippen MR) is 87.7 cm³/mol. The molecule has 2 rings (SSSR count). The van der Waals surface area contributed by atoms with E-state index in [2.05, 4.69) is 18.8 Å². The Morgan fingerprint density at radius 3 is 2.95 bits per heavy atom. The van der Waals surface area contributed by atoms with Gasteiger partial charge in [-0.05, 0) is 36.5 Å². The van der Waals surface area contributed by atoms with Crippen LogP contribution in [-0.4, -0.2) is 17.0 Å². The zero-order valence-corrected chi connectivity index (χ0v) is 13.4. The molecule has 3 heteroatoms. The van der Waals surface area contributed by atoms with E-state index in [9.17, 15) is 4.39 Å². The minimum absolute atomic E-state index is 0.0457. The largest absolute Gasteiger partial charge is 0.395 e. The topological polar surface area (TPSA) is 20.2 Å². The Bertz CT molecular complexity index is 518. The number of halogens is 1. The minimum atomic E-state index is -0.165. The highest BCUT2D eigenvalue weighted by Gasteiger charge is 2.19. The summed E-state index contributed by atoms with van der Waals surface area (Å²) >= 11 is 1.89. The number of hydrogen-bond acceptors (Lipinski definition) is 2. The summed E-state index contributed by atoms with van der Waals surface area (Å²) in [5, 5.41) is 9.35. The van der Waals surface area contributed by atoms with Gasteiger partial charge in [0, 0.05) is 23.0 Å². The third kappa shape index (κ3) is 5.37. The fourth-order valence-electron chi connectivity index (χ4n) is 2.70. The lowest BCUT2D eigenvalue weighted by atomic mass is 9.91. The normalized spacial score (nSPS) is 21.7. The summed E-state index contributed by atoms with van der Waals surface area (Å²) in [6.45, 7) is 2.36. The van der Waals surface area contributed by atoms with Gasteiger partial charge in [-0.15, -0.1) is 0 Å². The van der Waals surface area contributed by atoms with Crippen LogP contribution in [0.4, 0.5) is 4.39 Å². The highest BCUT2D eigenvalue weighted by Crippen LogP contribution is 2.33. The fourth-order valence-corrected chi connectivity index (χ4v) is 4.15. The number of thioether (sulfide) groups is 1. The van der Waals surface area contributed by atoms with E-state index in [1.807, 2.05) is 23.9 Å². The second kappa shape index (κ2) is 8.46. The van der Waals surface area contributed by atoms with Crippen molar-refractivity contribution < 1.29 is 9.50 Å². The Morgan fingerprint density at radius 2 is 2.24 bits per heavy atom. The highest BCUT2D eigenvalue weighted by atomic mass is 32.2. The van der Waals surface area contributed by atoms with Crippen molar-refractivity contribution in [2.24, 2.45) is 5.92 Å². The summed E-state index contributed by atoms with van der Waals surface area (Å²) in [6.07, 6.45) is 5.60. The van der Waals surface area contributed by atoms with Crippen LogP contribution >= 0.6 is 11.8 Å². The van der Waals surface area contributed by atoms with Crippen molar-refractivity contribution in [2.75, 3.05) is 6.61 Å². The standard InChI is InChI=1S/C18H23FOS/c1-14-5-4-7-17(11-14)21-13-16-9-8-15(12-18(16)19)6-2-3-10-20/h8-9,12,14,17,20H,3-5,7,10-11,13H2,1H3. The van der Waals surface area contributed by atoms with Crippen molar-refractivity contribution in [3.63, 3.8) is 0 Å². The van der Waals surface area contributed by atoms with Gasteiger partial charge in [0.2, 0.25) is 0 Å². The maximum absolute atomic E-state index is 14.1. The van der Waals surface area contributed by atoms with Gasteiger partial charge < -0.3 is 5.11 Å². The first-order valence-electron chi connectivity index (χ1n) is 7.69. The van der Waals surface area contributed by atoms with Crippen molar-refractivity contribution >= 4 is 11.8 Å². The summed E-state index contributed by atoms with van der Waals surface area (Å²) in [7, 11) is 0. The molecule has 0 bridgehead atoms. The van der Waals surface area contributed by atoms with Gasteiger partial charge in [-0.1, -0.05) is 37.7 Å². The average Bonchev–Trinajstić information content (AvgIpc) is 2.47. The van der Waals surface area contributed by atoms with Gasteiger partial charge in [-0.3, -0.25) is 0 Å². The van der Waals surface area contributed by atoms with Gasteiger partial charge in [0.25, 0.3) is 0 Å². The van der Waals surface area contributed by atoms with Gasteiger partial charge >= 0.3 is 0 Å². The van der Waals surface area contributed by atoms with E-state index in [4.69, 9.17) is 5.11 Å². The number of rotatable bonds is 4. The maximum Gasteiger partial charge on any atom is 0.128 e. The minimum Gasteiger partial charge on any atom is -0.395 e. The van der Waals surface area contributed by atoms with Crippen LogP contribution in [0, 0.1) is 23.6 Å². The van der Waals surface area contributed by atoms with Crippen molar-refractivity contribution in [1.82, 2.24) is 0 Å². The van der Waals surface area contributed by atoms with Gasteiger partial charge in [-0.2, -0.15) is 11.8 Å². The van der Waals surface area contributed by atoms with Crippen LogP contribution in [0.3, 0.4) is 0 Å². The third-order valence-electron chi connectivity index (χ3n) is 3.89. The van der Waals surface area contributed by atoms with Crippen LogP contribution in [0.1, 0.15) is 50.2 Å². The number of aliphatic hydroxyl groups is 1. The fraction of sp³-hybridized carbons (Fsp3) is 0.556. The Hall–Kier alpha value is -0.980. The monoisotopic (exact) mass is 306 g/mol. The molecular formula is C18H23FOS. The summed E-state index contributed by atoms with van der Waals surface area (Å²) in [5.74, 6) is 7.07. The molecule has 0 saturated heterocycles. The molecule has 0 heterocycles. The van der Waals surface area contributed by atoms with E-state index in [1.165, 1.54) is 31.7 Å². The lowest BCUT2D eigenvalue weighted by Crippen LogP contribution is -2.15. The molecule has 0 aliphatic heterocycles. The summed E-state index contributed by atoms with van der Waals surface area (Å²) in [4.78, 5) is 0. The molecule has 2 atom stereocenters. The molecule has 21 heavy (non-hydrogen) atoms. The molecule has 0 amide bonds. The van der Waals surface area contributed by atoms with Gasteiger partial charge in [0.05, 0.1) is 6.61 Å². The molecule has 2 unspecified atom stereocenters. The third-order valence-corrected chi connectivity index (χ3v) is 5.26. The second-order valence-corrected chi connectivity index (χ2v) is 7.08. The summed E-state index contributed by atoms with van der Waals surface area (Å²) in [5.41, 5.74) is 1.45. The molecule has 0 radical (unpaired) electrons. The van der Waals surface area contributed by atoms with Crippen LogP contribution in [-0.2, 0) is 5.75 Å². The van der Waals surface area contributed by atoms with Crippen molar-refractivity contribution in [1.29, 1.82) is 0 Å². The van der Waals surface area contributed by atoms with Crippen LogP contribution in [0.2, 0.25) is 0 Å². The Balaban J connectivity index is 1.90. The summed E-state index contributed by atoms with van der Waals surface area (Å²) < 4.78 is 14.1. The van der Waals surface area contributed by atoms with E-state index in [-0.39, 0.29) is 12.4 Å². The zero-order valence-electron chi connectivity index (χ0n) is 12.6. The van der Waals surface area contributed by atoms with Crippen molar-refractivity contribution in [3.05, 3.63) is 35.1 Å². The first kappa shape index (κ1) is 16.4. The van der Waals surface area contributed by atoms with Gasteiger partial charge in [-0.25, -0.2) is 4.39 Å². The van der Waals surface area contributed by atoms with Crippen molar-refractivity contribution in [3.8, 4) is 11.8 Å². The molecule has 114 valence electrons. The Morgan fingerprint density at radius 1 is 1.38 bits per heavy atom. The van der Waals surface area contributed by atoms with Crippen LogP contribution in [0.5, 0.6) is 0 Å². The molecule has 1 aromatic rings. The Labute approximate surface area is 131 Å². The smallest absolute Gasteiger partial charge is 0.128 e. The van der Waals surface area contributed by atoms with E-state index in [0.717, 1.165) is 17.2 Å². The van der Waals surface area contributed by atoms with Crippen LogP contribution in [0.25, 0.3) is 0 Å². The first-order valence-corrected chi connectivity index (χ1v) is 8.73. The SMILES string of the molecule is CC1CCCC(SCc2ccc(C#CCCO)cc2F)C1. The molecule has 0 spiro atoms. The molecule has 1 N–H and O–H groups in total. The van der Waals surface area contributed by atoms with Gasteiger partial charge in [0.15, 0.2) is 0 Å². The molecule has 0 aromatic heterocycles. The number of aliphatic hydroxyl groups excluding tert-OH is 1. The van der Waals surface area contributed by atoms with E-state index in [0.29, 0.717) is 17.2 Å². The highest BCUT2D eigenvalue weighted by molar-refractivity contribution is 7.99. The lowest BCUT2D eigenvalue weighted by molar-refractivity contribution is 0.305. The molecule has 1 saturated carbocycles. The van der Waals surface area contributed by atoms with Crippen LogP contribution < -0.4 is 0 Å². The van der Waals surface area contributed by atoms with E-state index in [1.54, 1.807) is 0 Å². The van der Waals surface area contributed by atoms with Gasteiger partial charge in [0.1, 0.15) is 5.82 Å². The molecule has 1 aliphatic carbocycles. The summed E-state index contributed by atoms with van der Waals surface area (Å²) in [6, 6.07) is 5.22. The molecule has 1 aliphatic rings. The quantitative estimate of drug-likeness (QED) is 0.834. The second-order valence-electron chi connectivity index (χ2n) is 5.79. The molecule has 1 fully saturated rings. The lowest BCUT2D eigenvalue weighted by Gasteiger charge is -2.26. The number of benzene rings is 1. The van der Waals surface area contributed by atoms with Crippen LogP contribution in [0.15, 0.2) is 18.2 Å². The molecular weight excluding hydrogens is 283 g/mol. The molecule has 1 nitrogen and oxygen atoms in total. The predicted octanol–water partition coefficient (Wildman–Crippen LogP) is 4.37. The molecule has 1 aromatic carbocycles. The first-order chi connectivity index (χ1) is 10.2. The van der Waals surface area contributed by atoms with E-state index < -0.39 is 0 Å². The Kier molecular flexibility index (Phi) is 6.60. The van der Waals surface area contributed by atoms with Crippen molar-refractivity contribution in [2.45, 2.75) is 50.0 Å². The average molecular weight is 306 g/mol. The zero-order chi connectivity index (χ0) is 15.1. The van der Waals surface area contributed by atoms with E-state index >= 15 is 0 Å². The number of hydrogen-bond donors (Lipinski definition) is 1.